The maximum Gasteiger partial charge on any atom is 0.295 e. The van der Waals surface area contributed by atoms with E-state index in [0.29, 0.717) is 11.1 Å². The molecule has 1 aromatic rings. The van der Waals surface area contributed by atoms with E-state index in [2.05, 4.69) is 15.5 Å². The lowest BCUT2D eigenvalue weighted by Crippen LogP contribution is -2.13. The average molecular weight is 215 g/mol. The van der Waals surface area contributed by atoms with E-state index in [0.717, 1.165) is 31.3 Å². The van der Waals surface area contributed by atoms with Gasteiger partial charge in [-0.2, -0.15) is 0 Å². The minimum Gasteiger partial charge on any atom is -0.472 e. The van der Waals surface area contributed by atoms with Crippen LogP contribution < -0.4 is 10.1 Å². The Morgan fingerprint density at radius 1 is 1.64 bits per heavy atom. The lowest BCUT2D eigenvalue weighted by molar-refractivity contribution is 0.187. The van der Waals surface area contributed by atoms with Gasteiger partial charge in [-0.3, -0.25) is 0 Å². The summed E-state index contributed by atoms with van der Waals surface area (Å²) in [6.07, 6.45) is 1.13. The highest BCUT2D eigenvalue weighted by atomic mass is 32.1. The number of nitrogens with one attached hydrogen (secondary N) is 1. The summed E-state index contributed by atoms with van der Waals surface area (Å²) in [6.45, 7) is 2.63. The predicted molar refractivity (Wildman–Crippen MR) is 53.9 cm³/mol. The number of nitrogens with zero attached hydrogens (tertiary/aromatic N) is 2. The predicted octanol–water partition coefficient (Wildman–Crippen LogP) is 0.995. The Labute approximate surface area is 86.4 Å². The van der Waals surface area contributed by atoms with Crippen LogP contribution in [0.15, 0.2) is 0 Å². The number of hydrogen-bond donors (Lipinski definition) is 1. The molecule has 0 bridgehead atoms. The quantitative estimate of drug-likeness (QED) is 0.812. The Kier molecular flexibility index (Phi) is 3.15. The number of rotatable bonds is 4. The van der Waals surface area contributed by atoms with Crippen LogP contribution in [0.25, 0.3) is 0 Å². The van der Waals surface area contributed by atoms with Crippen molar-refractivity contribution in [3.8, 4) is 5.19 Å². The van der Waals surface area contributed by atoms with E-state index in [1.165, 1.54) is 11.3 Å². The maximum atomic E-state index is 5.27. The molecule has 0 aromatic carbocycles. The third kappa shape index (κ3) is 2.33. The highest BCUT2D eigenvalue weighted by Gasteiger charge is 2.15. The van der Waals surface area contributed by atoms with Gasteiger partial charge in [-0.1, -0.05) is 5.10 Å². The summed E-state index contributed by atoms with van der Waals surface area (Å²) in [5.74, 6) is 0.602. The van der Waals surface area contributed by atoms with Gasteiger partial charge in [-0.25, -0.2) is 0 Å². The van der Waals surface area contributed by atoms with Crippen LogP contribution in [0.3, 0.4) is 0 Å². The standard InChI is InChI=1S/C8H13N3O2S/c1-12-8-11-10-7(14-8)9-4-6-2-3-13-5-6/h6H,2-5H2,1H3,(H,9,10). The van der Waals surface area contributed by atoms with Crippen LogP contribution in [0.1, 0.15) is 6.42 Å². The van der Waals surface area contributed by atoms with Crippen molar-refractivity contribution in [2.45, 2.75) is 6.42 Å². The third-order valence-electron chi connectivity index (χ3n) is 2.15. The van der Waals surface area contributed by atoms with Gasteiger partial charge < -0.3 is 14.8 Å². The van der Waals surface area contributed by atoms with Gasteiger partial charge in [0, 0.05) is 19.1 Å². The van der Waals surface area contributed by atoms with Gasteiger partial charge in [0.2, 0.25) is 5.13 Å². The Balaban J connectivity index is 1.79. The molecule has 1 fully saturated rings. The molecule has 14 heavy (non-hydrogen) atoms. The molecule has 0 spiro atoms. The summed E-state index contributed by atoms with van der Waals surface area (Å²) in [6, 6.07) is 0. The lowest BCUT2D eigenvalue weighted by atomic mass is 10.1. The molecule has 5 nitrogen and oxygen atoms in total. The Bertz CT molecular complexity index is 286. The van der Waals surface area contributed by atoms with Crippen LogP contribution in [0.4, 0.5) is 5.13 Å². The molecule has 0 saturated carbocycles. The maximum absolute atomic E-state index is 5.27. The average Bonchev–Trinajstić information content (AvgIpc) is 2.86. The molecule has 1 N–H and O–H groups in total. The molecule has 0 radical (unpaired) electrons. The largest absolute Gasteiger partial charge is 0.472 e. The first kappa shape index (κ1) is 9.67. The van der Waals surface area contributed by atoms with Crippen LogP contribution in [0.5, 0.6) is 5.19 Å². The number of methoxy groups -OCH3 is 1. The van der Waals surface area contributed by atoms with E-state index < -0.39 is 0 Å². The smallest absolute Gasteiger partial charge is 0.295 e. The summed E-state index contributed by atoms with van der Waals surface area (Å²) < 4.78 is 10.2. The zero-order chi connectivity index (χ0) is 9.80. The van der Waals surface area contributed by atoms with Crippen molar-refractivity contribution in [3.05, 3.63) is 0 Å². The van der Waals surface area contributed by atoms with Crippen molar-refractivity contribution in [3.63, 3.8) is 0 Å². The lowest BCUT2D eigenvalue weighted by Gasteiger charge is -2.06. The second-order valence-electron chi connectivity index (χ2n) is 3.19. The Morgan fingerprint density at radius 2 is 2.57 bits per heavy atom. The molecule has 0 amide bonds. The normalized spacial score (nSPS) is 21.1. The van der Waals surface area contributed by atoms with Gasteiger partial charge in [0.25, 0.3) is 5.19 Å². The summed E-state index contributed by atoms with van der Waals surface area (Å²) >= 11 is 1.42. The number of aromatic nitrogens is 2. The second kappa shape index (κ2) is 4.56. The molecule has 1 saturated heterocycles. The van der Waals surface area contributed by atoms with Crippen LogP contribution in [-0.2, 0) is 4.74 Å². The van der Waals surface area contributed by atoms with Crippen molar-refractivity contribution in [1.29, 1.82) is 0 Å². The van der Waals surface area contributed by atoms with Gasteiger partial charge in [0.05, 0.1) is 13.7 Å². The zero-order valence-corrected chi connectivity index (χ0v) is 8.84. The third-order valence-corrected chi connectivity index (χ3v) is 2.99. The molecule has 0 aliphatic carbocycles. The Hall–Kier alpha value is -0.880. The fourth-order valence-corrected chi connectivity index (χ4v) is 1.91. The van der Waals surface area contributed by atoms with Gasteiger partial charge >= 0.3 is 0 Å². The molecule has 1 aliphatic rings. The summed E-state index contributed by atoms with van der Waals surface area (Å²) in [5.41, 5.74) is 0. The number of anilines is 1. The van der Waals surface area contributed by atoms with Gasteiger partial charge in [-0.05, 0) is 17.8 Å². The van der Waals surface area contributed by atoms with Crippen molar-refractivity contribution < 1.29 is 9.47 Å². The molecule has 1 atom stereocenters. The van der Waals surface area contributed by atoms with Crippen molar-refractivity contribution >= 4 is 16.5 Å². The fourth-order valence-electron chi connectivity index (χ4n) is 1.34. The highest BCUT2D eigenvalue weighted by molar-refractivity contribution is 7.16. The minimum absolute atomic E-state index is 0.593. The summed E-state index contributed by atoms with van der Waals surface area (Å²) in [4.78, 5) is 0. The fraction of sp³-hybridized carbons (Fsp3) is 0.750. The second-order valence-corrected chi connectivity index (χ2v) is 4.13. The van der Waals surface area contributed by atoms with Gasteiger partial charge in [0.1, 0.15) is 0 Å². The van der Waals surface area contributed by atoms with E-state index in [1.807, 2.05) is 0 Å². The van der Waals surface area contributed by atoms with E-state index in [4.69, 9.17) is 9.47 Å². The SMILES string of the molecule is COc1nnc(NCC2CCOC2)s1. The molecule has 78 valence electrons. The van der Waals surface area contributed by atoms with Gasteiger partial charge in [-0.15, -0.1) is 5.10 Å². The van der Waals surface area contributed by atoms with Crippen molar-refractivity contribution in [2.75, 3.05) is 32.2 Å². The molecule has 6 heteroatoms. The molecular weight excluding hydrogens is 202 g/mol. The first-order chi connectivity index (χ1) is 6.88. The molecule has 1 aliphatic heterocycles. The molecular formula is C8H13N3O2S. The summed E-state index contributed by atoms with van der Waals surface area (Å²) in [7, 11) is 1.59. The molecule has 2 heterocycles. The molecule has 1 unspecified atom stereocenters. The van der Waals surface area contributed by atoms with E-state index in [-0.39, 0.29) is 0 Å². The van der Waals surface area contributed by atoms with Crippen molar-refractivity contribution in [1.82, 2.24) is 10.2 Å². The van der Waals surface area contributed by atoms with Crippen LogP contribution in [0.2, 0.25) is 0 Å². The zero-order valence-electron chi connectivity index (χ0n) is 8.02. The first-order valence-electron chi connectivity index (χ1n) is 4.57. The van der Waals surface area contributed by atoms with Crippen molar-refractivity contribution in [2.24, 2.45) is 5.92 Å². The van der Waals surface area contributed by atoms with Crippen LogP contribution in [0, 0.1) is 5.92 Å². The van der Waals surface area contributed by atoms with E-state index in [1.54, 1.807) is 7.11 Å². The van der Waals surface area contributed by atoms with E-state index >= 15 is 0 Å². The molecule has 2 rings (SSSR count). The van der Waals surface area contributed by atoms with Crippen LogP contribution in [-0.4, -0.2) is 37.1 Å². The highest BCUT2D eigenvalue weighted by Crippen LogP contribution is 2.22. The minimum atomic E-state index is 0.593. The molecule has 1 aromatic heterocycles. The Morgan fingerprint density at radius 3 is 3.21 bits per heavy atom. The first-order valence-corrected chi connectivity index (χ1v) is 5.39. The topological polar surface area (TPSA) is 56.3 Å². The van der Waals surface area contributed by atoms with Crippen LogP contribution >= 0.6 is 11.3 Å². The summed E-state index contributed by atoms with van der Waals surface area (Å²) in [5, 5.41) is 12.4. The monoisotopic (exact) mass is 215 g/mol. The van der Waals surface area contributed by atoms with Gasteiger partial charge in [0.15, 0.2) is 0 Å². The number of hydrogen-bond acceptors (Lipinski definition) is 6. The van der Waals surface area contributed by atoms with E-state index in [9.17, 15) is 0 Å². The number of ether oxygens (including phenoxy) is 2.